The Kier molecular flexibility index (Phi) is 7.80. The lowest BCUT2D eigenvalue weighted by Crippen LogP contribution is -2.25. The van der Waals surface area contributed by atoms with Crippen LogP contribution in [0.4, 0.5) is 4.39 Å². The first-order valence-electron chi connectivity index (χ1n) is 9.22. The van der Waals surface area contributed by atoms with Crippen molar-refractivity contribution >= 4 is 17.5 Å². The molecule has 0 radical (unpaired) electrons. The van der Waals surface area contributed by atoms with Gasteiger partial charge in [-0.05, 0) is 44.0 Å². The molecule has 0 fully saturated rings. The van der Waals surface area contributed by atoms with Crippen LogP contribution in [-0.2, 0) is 24.3 Å². The van der Waals surface area contributed by atoms with Crippen molar-refractivity contribution in [3.8, 4) is 0 Å². The van der Waals surface area contributed by atoms with Crippen LogP contribution in [0.25, 0.3) is 0 Å². The van der Waals surface area contributed by atoms with E-state index in [2.05, 4.69) is 29.6 Å². The van der Waals surface area contributed by atoms with Crippen LogP contribution in [-0.4, -0.2) is 28.8 Å². The quantitative estimate of drug-likeness (QED) is 0.641. The third kappa shape index (κ3) is 6.33. The Hall–Kier alpha value is -1.92. The zero-order valence-corrected chi connectivity index (χ0v) is 17.2. The van der Waals surface area contributed by atoms with E-state index in [1.165, 1.54) is 12.1 Å². The van der Waals surface area contributed by atoms with Crippen LogP contribution in [0.3, 0.4) is 0 Å². The highest BCUT2D eigenvalue weighted by molar-refractivity contribution is 6.31. The number of hydrogen-bond donors (Lipinski definition) is 2. The molecule has 2 rings (SSSR count). The van der Waals surface area contributed by atoms with E-state index in [0.717, 1.165) is 36.6 Å². The second-order valence-electron chi connectivity index (χ2n) is 7.16. The molecule has 1 amide bonds. The molecule has 0 atom stereocenters. The van der Waals surface area contributed by atoms with Crippen molar-refractivity contribution in [2.45, 2.75) is 47.2 Å². The number of carbonyl (C=O) groups excluding carboxylic acids is 1. The second kappa shape index (κ2) is 9.85. The van der Waals surface area contributed by atoms with Crippen LogP contribution in [0.15, 0.2) is 18.2 Å². The summed E-state index contributed by atoms with van der Waals surface area (Å²) in [5, 5.41) is 11.1. The van der Waals surface area contributed by atoms with Crippen molar-refractivity contribution in [2.24, 2.45) is 5.92 Å². The lowest BCUT2D eigenvalue weighted by Gasteiger charge is -2.09. The molecule has 1 aromatic heterocycles. The fourth-order valence-electron chi connectivity index (χ4n) is 2.87. The van der Waals surface area contributed by atoms with E-state index in [1.54, 1.807) is 6.07 Å². The lowest BCUT2D eigenvalue weighted by atomic mass is 10.1. The molecule has 0 saturated heterocycles. The molecule has 2 aromatic rings. The van der Waals surface area contributed by atoms with E-state index in [1.807, 2.05) is 18.5 Å². The van der Waals surface area contributed by atoms with Gasteiger partial charge in [0.1, 0.15) is 5.82 Å². The Morgan fingerprint density at radius 1 is 1.33 bits per heavy atom. The Labute approximate surface area is 165 Å². The number of amides is 1. The van der Waals surface area contributed by atoms with Gasteiger partial charge in [-0.3, -0.25) is 9.48 Å². The largest absolute Gasteiger partial charge is 0.352 e. The molecule has 0 unspecified atom stereocenters. The molecule has 5 nitrogen and oxygen atoms in total. The minimum atomic E-state index is -0.392. The first-order chi connectivity index (χ1) is 12.8. The van der Waals surface area contributed by atoms with Crippen molar-refractivity contribution < 1.29 is 9.18 Å². The van der Waals surface area contributed by atoms with Crippen LogP contribution >= 0.6 is 11.6 Å². The Bertz CT molecular complexity index is 789. The maximum Gasteiger partial charge on any atom is 0.224 e. The van der Waals surface area contributed by atoms with Gasteiger partial charge >= 0.3 is 0 Å². The summed E-state index contributed by atoms with van der Waals surface area (Å²) >= 11 is 6.00. The van der Waals surface area contributed by atoms with Crippen molar-refractivity contribution in [2.75, 3.05) is 13.1 Å². The summed E-state index contributed by atoms with van der Waals surface area (Å²) in [6, 6.07) is 4.16. The molecule has 27 heavy (non-hydrogen) atoms. The standard InChI is InChI=1S/C20H28ClFN4O/c1-13(2)11-23-7-8-26-15(4)18(14(3)25-26)10-20(27)24-12-16-5-6-17(22)9-19(16)21/h5-6,9,13,23H,7-8,10-12H2,1-4H3,(H,24,27). The average molecular weight is 395 g/mol. The molecule has 0 aliphatic heterocycles. The average Bonchev–Trinajstić information content (AvgIpc) is 2.85. The molecule has 0 saturated carbocycles. The number of carbonyl (C=O) groups is 1. The molecule has 1 aromatic carbocycles. The van der Waals surface area contributed by atoms with E-state index in [9.17, 15) is 9.18 Å². The number of aryl methyl sites for hydroxylation is 1. The smallest absolute Gasteiger partial charge is 0.224 e. The van der Waals surface area contributed by atoms with Gasteiger partial charge < -0.3 is 10.6 Å². The molecular formula is C20H28ClFN4O. The van der Waals surface area contributed by atoms with Crippen molar-refractivity contribution in [3.05, 3.63) is 51.6 Å². The van der Waals surface area contributed by atoms with Crippen molar-refractivity contribution in [3.63, 3.8) is 0 Å². The molecular weight excluding hydrogens is 367 g/mol. The van der Waals surface area contributed by atoms with E-state index in [4.69, 9.17) is 11.6 Å². The first kappa shape index (κ1) is 21.4. The molecule has 0 spiro atoms. The molecule has 148 valence electrons. The topological polar surface area (TPSA) is 59.0 Å². The van der Waals surface area contributed by atoms with Crippen molar-refractivity contribution in [1.82, 2.24) is 20.4 Å². The maximum absolute atomic E-state index is 13.1. The molecule has 2 N–H and O–H groups in total. The Morgan fingerprint density at radius 3 is 2.74 bits per heavy atom. The van der Waals surface area contributed by atoms with Crippen LogP contribution < -0.4 is 10.6 Å². The monoisotopic (exact) mass is 394 g/mol. The van der Waals surface area contributed by atoms with Gasteiger partial charge in [-0.25, -0.2) is 4.39 Å². The van der Waals surface area contributed by atoms with E-state index in [-0.39, 0.29) is 18.9 Å². The zero-order valence-electron chi connectivity index (χ0n) is 16.4. The van der Waals surface area contributed by atoms with Gasteiger partial charge in [0.15, 0.2) is 0 Å². The highest BCUT2D eigenvalue weighted by Crippen LogP contribution is 2.17. The molecule has 0 aliphatic carbocycles. The normalized spacial score (nSPS) is 11.2. The number of aromatic nitrogens is 2. The number of nitrogens with zero attached hydrogens (tertiary/aromatic N) is 2. The van der Waals surface area contributed by atoms with Crippen LogP contribution in [0.2, 0.25) is 5.02 Å². The summed E-state index contributed by atoms with van der Waals surface area (Å²) in [5.74, 6) is 0.107. The van der Waals surface area contributed by atoms with E-state index in [0.29, 0.717) is 16.5 Å². The maximum atomic E-state index is 13.1. The minimum Gasteiger partial charge on any atom is -0.352 e. The number of benzene rings is 1. The van der Waals surface area contributed by atoms with Crippen LogP contribution in [0, 0.1) is 25.6 Å². The van der Waals surface area contributed by atoms with Gasteiger partial charge in [-0.1, -0.05) is 31.5 Å². The minimum absolute atomic E-state index is 0.112. The van der Waals surface area contributed by atoms with Gasteiger partial charge in [-0.2, -0.15) is 5.10 Å². The van der Waals surface area contributed by atoms with Gasteiger partial charge in [0.05, 0.1) is 18.7 Å². The molecule has 0 bridgehead atoms. The van der Waals surface area contributed by atoms with Crippen molar-refractivity contribution in [1.29, 1.82) is 0 Å². The predicted molar refractivity (Wildman–Crippen MR) is 106 cm³/mol. The summed E-state index contributed by atoms with van der Waals surface area (Å²) in [6.45, 7) is 11.1. The van der Waals surface area contributed by atoms with Gasteiger partial charge in [-0.15, -0.1) is 0 Å². The van der Waals surface area contributed by atoms with Crippen LogP contribution in [0.1, 0.15) is 36.4 Å². The van der Waals surface area contributed by atoms with E-state index >= 15 is 0 Å². The van der Waals surface area contributed by atoms with Gasteiger partial charge in [0.25, 0.3) is 0 Å². The SMILES string of the molecule is Cc1nn(CCNCC(C)C)c(C)c1CC(=O)NCc1ccc(F)cc1Cl. The second-order valence-corrected chi connectivity index (χ2v) is 7.57. The summed E-state index contributed by atoms with van der Waals surface area (Å²) in [7, 11) is 0. The third-order valence-corrected chi connectivity index (χ3v) is 4.76. The van der Waals surface area contributed by atoms with Gasteiger partial charge in [0, 0.05) is 29.4 Å². The summed E-state index contributed by atoms with van der Waals surface area (Å²) in [5.41, 5.74) is 3.51. The Balaban J connectivity index is 1.91. The zero-order chi connectivity index (χ0) is 20.0. The first-order valence-corrected chi connectivity index (χ1v) is 9.60. The highest BCUT2D eigenvalue weighted by Gasteiger charge is 2.15. The summed E-state index contributed by atoms with van der Waals surface area (Å²) in [4.78, 5) is 12.3. The fourth-order valence-corrected chi connectivity index (χ4v) is 3.10. The lowest BCUT2D eigenvalue weighted by molar-refractivity contribution is -0.120. The number of hydrogen-bond acceptors (Lipinski definition) is 3. The summed E-state index contributed by atoms with van der Waals surface area (Å²) in [6.07, 6.45) is 0.260. The van der Waals surface area contributed by atoms with E-state index < -0.39 is 5.82 Å². The summed E-state index contributed by atoms with van der Waals surface area (Å²) < 4.78 is 15.0. The molecule has 1 heterocycles. The predicted octanol–water partition coefficient (Wildman–Crippen LogP) is 3.40. The number of nitrogens with one attached hydrogen (secondary N) is 2. The van der Waals surface area contributed by atoms with Crippen LogP contribution in [0.5, 0.6) is 0 Å². The Morgan fingerprint density at radius 2 is 2.07 bits per heavy atom. The number of halogens is 2. The molecule has 7 heteroatoms. The third-order valence-electron chi connectivity index (χ3n) is 4.41. The molecule has 0 aliphatic rings. The van der Waals surface area contributed by atoms with Gasteiger partial charge in [0.2, 0.25) is 5.91 Å². The number of rotatable bonds is 9. The fraction of sp³-hybridized carbons (Fsp3) is 0.500. The highest BCUT2D eigenvalue weighted by atomic mass is 35.5.